The Kier molecular flexibility index (Phi) is 6.14. The molecule has 0 saturated carbocycles. The highest BCUT2D eigenvalue weighted by molar-refractivity contribution is 5.94. The van der Waals surface area contributed by atoms with Crippen LogP contribution in [0.15, 0.2) is 42.5 Å². The van der Waals surface area contributed by atoms with Crippen LogP contribution >= 0.6 is 0 Å². The quantitative estimate of drug-likeness (QED) is 0.743. The van der Waals surface area contributed by atoms with E-state index < -0.39 is 0 Å². The average Bonchev–Trinajstić information content (AvgIpc) is 3.36. The fourth-order valence-corrected chi connectivity index (χ4v) is 4.52. The molecule has 2 saturated heterocycles. The molecule has 0 radical (unpaired) electrons. The van der Waals surface area contributed by atoms with Crippen LogP contribution in [0.4, 0.5) is 0 Å². The minimum absolute atomic E-state index is 0.145. The molecule has 2 aliphatic rings. The second kappa shape index (κ2) is 8.95. The first kappa shape index (κ1) is 19.9. The van der Waals surface area contributed by atoms with Crippen molar-refractivity contribution in [3.63, 3.8) is 0 Å². The number of likely N-dealkylation sites (tertiary alicyclic amines) is 2. The molecular weight excluding hydrogens is 362 g/mol. The lowest BCUT2D eigenvalue weighted by molar-refractivity contribution is 0.0696. The lowest BCUT2D eigenvalue weighted by Crippen LogP contribution is -2.44. The molecule has 1 aromatic carbocycles. The van der Waals surface area contributed by atoms with E-state index in [4.69, 9.17) is 4.74 Å². The van der Waals surface area contributed by atoms with Gasteiger partial charge in [0.2, 0.25) is 0 Å². The molecule has 4 rings (SSSR count). The number of rotatable bonds is 6. The topological polar surface area (TPSA) is 45.7 Å². The fraction of sp³-hybridized carbons (Fsp3) is 0.500. The first-order valence-electron chi connectivity index (χ1n) is 10.8. The summed E-state index contributed by atoms with van der Waals surface area (Å²) in [6, 6.07) is 14.4. The van der Waals surface area contributed by atoms with Crippen molar-refractivity contribution in [1.29, 1.82) is 0 Å². The Morgan fingerprint density at radius 1 is 1.10 bits per heavy atom. The van der Waals surface area contributed by atoms with E-state index >= 15 is 0 Å². The number of hydrogen-bond acceptors (Lipinski definition) is 4. The molecule has 2 unspecified atom stereocenters. The molecule has 0 N–H and O–H groups in total. The van der Waals surface area contributed by atoms with Gasteiger partial charge < -0.3 is 9.64 Å². The van der Waals surface area contributed by atoms with Gasteiger partial charge in [-0.05, 0) is 82.5 Å². The van der Waals surface area contributed by atoms with Gasteiger partial charge >= 0.3 is 0 Å². The summed E-state index contributed by atoms with van der Waals surface area (Å²) in [5.74, 6) is 0.903. The van der Waals surface area contributed by atoms with Gasteiger partial charge in [-0.15, -0.1) is 0 Å². The smallest absolute Gasteiger partial charge is 0.254 e. The standard InChI is InChI=1S/C24H31N3O2/c1-18-6-3-8-21(25-18)17-29-23-12-10-20(11-13-23)24(28)27-15-5-9-22(27)16-26-14-4-7-19(26)2/h3,6,8,10-13,19,22H,4-5,7,9,14-17H2,1-2H3. The Hall–Kier alpha value is -2.40. The molecule has 5 nitrogen and oxygen atoms in total. The van der Waals surface area contributed by atoms with Gasteiger partial charge in [0, 0.05) is 36.4 Å². The van der Waals surface area contributed by atoms with E-state index in [1.807, 2.05) is 49.4 Å². The molecule has 29 heavy (non-hydrogen) atoms. The predicted octanol–water partition coefficient (Wildman–Crippen LogP) is 4.06. The van der Waals surface area contributed by atoms with Crippen LogP contribution in [0.3, 0.4) is 0 Å². The number of hydrogen-bond donors (Lipinski definition) is 0. The van der Waals surface area contributed by atoms with Crippen molar-refractivity contribution in [3.05, 3.63) is 59.4 Å². The first-order valence-corrected chi connectivity index (χ1v) is 10.8. The number of carbonyl (C=O) groups excluding carboxylic acids is 1. The molecule has 2 aromatic rings. The summed E-state index contributed by atoms with van der Waals surface area (Å²) in [7, 11) is 0. The minimum atomic E-state index is 0.145. The molecule has 3 heterocycles. The average molecular weight is 394 g/mol. The third-order valence-electron chi connectivity index (χ3n) is 6.21. The highest BCUT2D eigenvalue weighted by Gasteiger charge is 2.32. The van der Waals surface area contributed by atoms with Crippen LogP contribution in [0, 0.1) is 6.92 Å². The molecule has 5 heteroatoms. The minimum Gasteiger partial charge on any atom is -0.487 e. The number of benzene rings is 1. The van der Waals surface area contributed by atoms with Gasteiger partial charge in [-0.25, -0.2) is 0 Å². The molecule has 154 valence electrons. The highest BCUT2D eigenvalue weighted by atomic mass is 16.5. The zero-order chi connectivity index (χ0) is 20.2. The number of pyridine rings is 1. The summed E-state index contributed by atoms with van der Waals surface area (Å²) < 4.78 is 5.83. The number of amides is 1. The summed E-state index contributed by atoms with van der Waals surface area (Å²) in [6.45, 7) is 7.75. The monoisotopic (exact) mass is 393 g/mol. The maximum absolute atomic E-state index is 13.1. The first-order chi connectivity index (χ1) is 14.1. The largest absolute Gasteiger partial charge is 0.487 e. The van der Waals surface area contributed by atoms with Gasteiger partial charge in [0.05, 0.1) is 5.69 Å². The van der Waals surface area contributed by atoms with Crippen molar-refractivity contribution in [2.75, 3.05) is 19.6 Å². The van der Waals surface area contributed by atoms with E-state index in [1.54, 1.807) is 0 Å². The van der Waals surface area contributed by atoms with E-state index in [2.05, 4.69) is 21.7 Å². The Labute approximate surface area is 173 Å². The van der Waals surface area contributed by atoms with E-state index in [-0.39, 0.29) is 5.91 Å². The zero-order valence-electron chi connectivity index (χ0n) is 17.5. The van der Waals surface area contributed by atoms with Crippen molar-refractivity contribution >= 4 is 5.91 Å². The van der Waals surface area contributed by atoms with Gasteiger partial charge in [0.15, 0.2) is 0 Å². The van der Waals surface area contributed by atoms with Crippen molar-refractivity contribution in [2.45, 2.75) is 58.2 Å². The van der Waals surface area contributed by atoms with Crippen molar-refractivity contribution in [1.82, 2.24) is 14.8 Å². The fourth-order valence-electron chi connectivity index (χ4n) is 4.52. The van der Waals surface area contributed by atoms with Crippen LogP contribution in [-0.2, 0) is 6.61 Å². The Morgan fingerprint density at radius 3 is 2.62 bits per heavy atom. The number of aryl methyl sites for hydroxylation is 1. The summed E-state index contributed by atoms with van der Waals surface area (Å²) in [4.78, 5) is 22.2. The summed E-state index contributed by atoms with van der Waals surface area (Å²) in [6.07, 6.45) is 4.77. The van der Waals surface area contributed by atoms with E-state index in [9.17, 15) is 4.79 Å². The van der Waals surface area contributed by atoms with Crippen molar-refractivity contribution in [3.8, 4) is 5.75 Å². The zero-order valence-corrected chi connectivity index (χ0v) is 17.5. The van der Waals surface area contributed by atoms with Crippen LogP contribution in [0.5, 0.6) is 5.75 Å². The third-order valence-corrected chi connectivity index (χ3v) is 6.21. The molecule has 0 aliphatic carbocycles. The molecule has 2 atom stereocenters. The lowest BCUT2D eigenvalue weighted by Gasteiger charge is -2.30. The number of ether oxygens (including phenoxy) is 1. The maximum Gasteiger partial charge on any atom is 0.254 e. The van der Waals surface area contributed by atoms with E-state index in [0.717, 1.165) is 48.6 Å². The van der Waals surface area contributed by atoms with Crippen LogP contribution < -0.4 is 4.74 Å². The Morgan fingerprint density at radius 2 is 1.90 bits per heavy atom. The van der Waals surface area contributed by atoms with Gasteiger partial charge in [0.25, 0.3) is 5.91 Å². The number of aromatic nitrogens is 1. The molecule has 1 amide bonds. The molecule has 0 bridgehead atoms. The van der Waals surface area contributed by atoms with Crippen LogP contribution in [0.2, 0.25) is 0 Å². The van der Waals surface area contributed by atoms with Gasteiger partial charge in [-0.1, -0.05) is 6.07 Å². The van der Waals surface area contributed by atoms with Gasteiger partial charge in [-0.2, -0.15) is 0 Å². The SMILES string of the molecule is Cc1cccc(COc2ccc(C(=O)N3CCCC3CN3CCCC3C)cc2)n1. The second-order valence-corrected chi connectivity index (χ2v) is 8.36. The molecular formula is C24H31N3O2. The van der Waals surface area contributed by atoms with Gasteiger partial charge in [0.1, 0.15) is 12.4 Å². The highest BCUT2D eigenvalue weighted by Crippen LogP contribution is 2.25. The summed E-state index contributed by atoms with van der Waals surface area (Å²) >= 11 is 0. The number of nitrogens with zero attached hydrogens (tertiary/aromatic N) is 3. The maximum atomic E-state index is 13.1. The van der Waals surface area contributed by atoms with Gasteiger partial charge in [-0.3, -0.25) is 14.7 Å². The Balaban J connectivity index is 1.35. The number of carbonyl (C=O) groups is 1. The molecule has 2 fully saturated rings. The second-order valence-electron chi connectivity index (χ2n) is 8.36. The molecule has 1 aromatic heterocycles. The van der Waals surface area contributed by atoms with E-state index in [0.29, 0.717) is 18.7 Å². The normalized spacial score (nSPS) is 22.2. The van der Waals surface area contributed by atoms with Crippen LogP contribution in [0.1, 0.15) is 54.4 Å². The Bertz CT molecular complexity index is 836. The third kappa shape index (κ3) is 4.78. The van der Waals surface area contributed by atoms with E-state index in [1.165, 1.54) is 19.4 Å². The summed E-state index contributed by atoms with van der Waals surface area (Å²) in [5.41, 5.74) is 2.63. The lowest BCUT2D eigenvalue weighted by atomic mass is 10.1. The predicted molar refractivity (Wildman–Crippen MR) is 114 cm³/mol. The van der Waals surface area contributed by atoms with Crippen LogP contribution in [-0.4, -0.2) is 52.4 Å². The summed E-state index contributed by atoms with van der Waals surface area (Å²) in [5, 5.41) is 0. The van der Waals surface area contributed by atoms with Crippen molar-refractivity contribution < 1.29 is 9.53 Å². The van der Waals surface area contributed by atoms with Crippen molar-refractivity contribution in [2.24, 2.45) is 0 Å². The molecule has 2 aliphatic heterocycles. The van der Waals surface area contributed by atoms with Crippen LogP contribution in [0.25, 0.3) is 0 Å². The molecule has 0 spiro atoms.